The molecule has 0 spiro atoms. The van der Waals surface area contributed by atoms with Gasteiger partial charge in [-0.2, -0.15) is 0 Å². The summed E-state index contributed by atoms with van der Waals surface area (Å²) in [5.41, 5.74) is 3.67. The normalized spacial score (nSPS) is 19.8. The molecule has 3 nitrogen and oxygen atoms in total. The van der Waals surface area contributed by atoms with Crippen LogP contribution in [0.5, 0.6) is 0 Å². The fourth-order valence-electron chi connectivity index (χ4n) is 2.46. The van der Waals surface area contributed by atoms with Crippen molar-refractivity contribution in [1.29, 1.82) is 0 Å². The topological polar surface area (TPSA) is 27.6 Å². The number of anilines is 1. The summed E-state index contributed by atoms with van der Waals surface area (Å²) in [4.78, 5) is 6.98. The predicted octanol–water partition coefficient (Wildman–Crippen LogP) is 1.85. The molecule has 0 aromatic heterocycles. The van der Waals surface area contributed by atoms with E-state index in [0.29, 0.717) is 0 Å². The van der Waals surface area contributed by atoms with E-state index in [0.717, 1.165) is 44.9 Å². The van der Waals surface area contributed by atoms with Gasteiger partial charge in [-0.15, -0.1) is 0 Å². The molecular weight excluding hydrogens is 222 g/mol. The zero-order valence-electron chi connectivity index (χ0n) is 10.6. The van der Waals surface area contributed by atoms with Crippen LogP contribution in [0.1, 0.15) is 12.0 Å². The number of allylic oxidation sites excluding steroid dienone is 1. The lowest BCUT2D eigenvalue weighted by atomic mass is 10.1. The summed E-state index contributed by atoms with van der Waals surface area (Å²) in [7, 11) is 0. The number of rotatable bonds is 2. The third kappa shape index (κ3) is 2.46. The fourth-order valence-corrected chi connectivity index (χ4v) is 2.46. The minimum absolute atomic E-state index is 0.922. The number of nitrogens with zero attached hydrogens (tertiary/aromatic N) is 2. The molecule has 94 valence electrons. The molecular formula is C15H19N3. The zero-order chi connectivity index (χ0) is 12.2. The third-order valence-corrected chi connectivity index (χ3v) is 3.50. The highest BCUT2D eigenvalue weighted by Crippen LogP contribution is 2.17. The summed E-state index contributed by atoms with van der Waals surface area (Å²) in [6.45, 7) is 5.28. The third-order valence-electron chi connectivity index (χ3n) is 3.50. The molecule has 0 radical (unpaired) electrons. The molecule has 0 aliphatic carbocycles. The van der Waals surface area contributed by atoms with Crippen LogP contribution in [0.2, 0.25) is 0 Å². The maximum absolute atomic E-state index is 4.55. The lowest BCUT2D eigenvalue weighted by Crippen LogP contribution is -2.43. The molecule has 1 saturated heterocycles. The summed E-state index contributed by atoms with van der Waals surface area (Å²) >= 11 is 0. The van der Waals surface area contributed by atoms with Gasteiger partial charge in [-0.05, 0) is 30.2 Å². The van der Waals surface area contributed by atoms with Crippen LogP contribution in [-0.4, -0.2) is 38.4 Å². The van der Waals surface area contributed by atoms with E-state index in [2.05, 4.69) is 51.6 Å². The van der Waals surface area contributed by atoms with Crippen LogP contribution in [0.4, 0.5) is 5.69 Å². The molecule has 1 N–H and O–H groups in total. The van der Waals surface area contributed by atoms with Crippen LogP contribution < -0.4 is 10.2 Å². The van der Waals surface area contributed by atoms with Gasteiger partial charge in [0.1, 0.15) is 0 Å². The van der Waals surface area contributed by atoms with Crippen LogP contribution in [0, 0.1) is 0 Å². The van der Waals surface area contributed by atoms with Crippen LogP contribution in [0.25, 0.3) is 0 Å². The highest BCUT2D eigenvalue weighted by Gasteiger charge is 2.10. The minimum atomic E-state index is 0.922. The van der Waals surface area contributed by atoms with Crippen molar-refractivity contribution < 1.29 is 0 Å². The molecule has 0 saturated carbocycles. The molecule has 0 bridgehead atoms. The van der Waals surface area contributed by atoms with Gasteiger partial charge in [-0.1, -0.05) is 18.2 Å². The Bertz CT molecular complexity index is 453. The zero-order valence-corrected chi connectivity index (χ0v) is 10.6. The van der Waals surface area contributed by atoms with Gasteiger partial charge in [0.15, 0.2) is 0 Å². The number of aliphatic imine (C=N–C) groups is 1. The molecule has 0 amide bonds. The Kier molecular flexibility index (Phi) is 3.42. The Hall–Kier alpha value is -1.61. The molecule has 3 heteroatoms. The summed E-state index contributed by atoms with van der Waals surface area (Å²) in [5.74, 6) is 0. The second-order valence-electron chi connectivity index (χ2n) is 4.74. The number of piperazine rings is 1. The Balaban J connectivity index is 1.76. The first-order chi connectivity index (χ1) is 8.93. The smallest absolute Gasteiger partial charge is 0.0643 e. The molecule has 2 aliphatic heterocycles. The van der Waals surface area contributed by atoms with Crippen LogP contribution in [-0.2, 0) is 0 Å². The summed E-state index contributed by atoms with van der Waals surface area (Å²) in [6, 6.07) is 8.80. The van der Waals surface area contributed by atoms with Gasteiger partial charge in [0.05, 0.1) is 5.71 Å². The van der Waals surface area contributed by atoms with Gasteiger partial charge in [-0.3, -0.25) is 4.99 Å². The van der Waals surface area contributed by atoms with Gasteiger partial charge in [0, 0.05) is 38.4 Å². The second-order valence-corrected chi connectivity index (χ2v) is 4.74. The van der Waals surface area contributed by atoms with Crippen molar-refractivity contribution >= 4 is 11.4 Å². The Morgan fingerprint density at radius 3 is 2.50 bits per heavy atom. The predicted molar refractivity (Wildman–Crippen MR) is 76.7 cm³/mol. The number of hydrogen-bond donors (Lipinski definition) is 1. The minimum Gasteiger partial charge on any atom is -0.369 e. The summed E-state index contributed by atoms with van der Waals surface area (Å²) < 4.78 is 0. The van der Waals surface area contributed by atoms with E-state index >= 15 is 0 Å². The van der Waals surface area contributed by atoms with Crippen molar-refractivity contribution in [1.82, 2.24) is 5.32 Å². The Labute approximate surface area is 108 Å². The average Bonchev–Trinajstić information content (AvgIpc) is 2.49. The van der Waals surface area contributed by atoms with Gasteiger partial charge in [-0.25, -0.2) is 0 Å². The quantitative estimate of drug-likeness (QED) is 0.855. The molecule has 1 aromatic carbocycles. The highest BCUT2D eigenvalue weighted by atomic mass is 15.2. The molecule has 18 heavy (non-hydrogen) atoms. The number of hydrogen-bond acceptors (Lipinski definition) is 3. The first-order valence-corrected chi connectivity index (χ1v) is 6.70. The molecule has 2 heterocycles. The number of benzene rings is 1. The van der Waals surface area contributed by atoms with E-state index in [1.807, 2.05) is 0 Å². The van der Waals surface area contributed by atoms with E-state index in [4.69, 9.17) is 0 Å². The summed E-state index contributed by atoms with van der Waals surface area (Å²) in [6.07, 6.45) is 5.40. The van der Waals surface area contributed by atoms with E-state index in [1.54, 1.807) is 0 Å². The second kappa shape index (κ2) is 5.36. The molecule has 1 aromatic rings. The van der Waals surface area contributed by atoms with Gasteiger partial charge < -0.3 is 10.2 Å². The standard InChI is InChI=1S/C15H19N3/c1-2-8-17-15(3-1)13-4-6-14(7-5-13)18-11-9-16-10-12-18/h1,3-7,16H,2,8-12H2. The lowest BCUT2D eigenvalue weighted by Gasteiger charge is -2.29. The van der Waals surface area contributed by atoms with Gasteiger partial charge in [0.25, 0.3) is 0 Å². The Morgan fingerprint density at radius 1 is 1.06 bits per heavy atom. The maximum Gasteiger partial charge on any atom is 0.0643 e. The maximum atomic E-state index is 4.55. The van der Waals surface area contributed by atoms with Crippen molar-refractivity contribution in [3.8, 4) is 0 Å². The van der Waals surface area contributed by atoms with Crippen molar-refractivity contribution in [3.05, 3.63) is 42.0 Å². The largest absolute Gasteiger partial charge is 0.369 e. The van der Waals surface area contributed by atoms with Crippen LogP contribution in [0.15, 0.2) is 41.4 Å². The van der Waals surface area contributed by atoms with Gasteiger partial charge >= 0.3 is 0 Å². The molecule has 1 fully saturated rings. The number of nitrogens with one attached hydrogen (secondary N) is 1. The van der Waals surface area contributed by atoms with Crippen molar-refractivity contribution in [2.24, 2.45) is 4.99 Å². The van der Waals surface area contributed by atoms with Crippen molar-refractivity contribution in [2.45, 2.75) is 6.42 Å². The highest BCUT2D eigenvalue weighted by molar-refractivity contribution is 6.09. The molecule has 2 aliphatic rings. The van der Waals surface area contributed by atoms with E-state index in [1.165, 1.54) is 11.3 Å². The number of dihydropyridines is 1. The van der Waals surface area contributed by atoms with E-state index in [-0.39, 0.29) is 0 Å². The SMILES string of the molecule is C1=CC(c2ccc(N3CCNCC3)cc2)=NCC1. The summed E-state index contributed by atoms with van der Waals surface area (Å²) in [5, 5.41) is 3.38. The fraction of sp³-hybridized carbons (Fsp3) is 0.400. The van der Waals surface area contributed by atoms with Crippen LogP contribution in [0.3, 0.4) is 0 Å². The average molecular weight is 241 g/mol. The lowest BCUT2D eigenvalue weighted by molar-refractivity contribution is 0.589. The molecule has 0 atom stereocenters. The molecule has 0 unspecified atom stereocenters. The first-order valence-electron chi connectivity index (χ1n) is 6.70. The van der Waals surface area contributed by atoms with E-state index in [9.17, 15) is 0 Å². The van der Waals surface area contributed by atoms with E-state index < -0.39 is 0 Å². The van der Waals surface area contributed by atoms with Crippen molar-refractivity contribution in [3.63, 3.8) is 0 Å². The van der Waals surface area contributed by atoms with Gasteiger partial charge in [0.2, 0.25) is 0 Å². The molecule has 3 rings (SSSR count). The monoisotopic (exact) mass is 241 g/mol. The first kappa shape index (κ1) is 11.5. The van der Waals surface area contributed by atoms with Crippen molar-refractivity contribution in [2.75, 3.05) is 37.6 Å². The Morgan fingerprint density at radius 2 is 1.83 bits per heavy atom. The van der Waals surface area contributed by atoms with Crippen LogP contribution >= 0.6 is 0 Å².